The van der Waals surface area contributed by atoms with Gasteiger partial charge in [0.15, 0.2) is 5.82 Å². The first kappa shape index (κ1) is 24.0. The minimum Gasteiger partial charge on any atom is -0.491 e. The Labute approximate surface area is 205 Å². The summed E-state index contributed by atoms with van der Waals surface area (Å²) in [5.41, 5.74) is 4.69. The second-order valence-corrected chi connectivity index (χ2v) is 8.94. The van der Waals surface area contributed by atoms with Crippen molar-refractivity contribution in [2.75, 3.05) is 5.32 Å². The van der Waals surface area contributed by atoms with Gasteiger partial charge in [0.05, 0.1) is 17.1 Å². The molecule has 35 heavy (non-hydrogen) atoms. The van der Waals surface area contributed by atoms with Crippen LogP contribution in [0.15, 0.2) is 72.8 Å². The van der Waals surface area contributed by atoms with E-state index >= 15 is 0 Å². The molecule has 6 nitrogen and oxygen atoms in total. The lowest BCUT2D eigenvalue weighted by Gasteiger charge is -2.13. The number of carbonyl (C=O) groups excluding carboxylic acids is 2. The smallest absolute Gasteiger partial charge is 0.255 e. The summed E-state index contributed by atoms with van der Waals surface area (Å²) in [4.78, 5) is 33.0. The molecule has 0 radical (unpaired) electrons. The molecule has 0 saturated heterocycles. The Morgan fingerprint density at radius 1 is 0.971 bits per heavy atom. The van der Waals surface area contributed by atoms with E-state index in [1.165, 1.54) is 6.08 Å². The van der Waals surface area contributed by atoms with Crippen LogP contribution in [-0.2, 0) is 0 Å². The standard InChI is InChI=1S/C29H29N3O3/c1-18(2)24-17-21(29(34)30-22-12-14-23(15-13-22)35-19(3)4)10-9-20(24)11-16-27(33)28-31-25-7-5-6-8-26(25)32-28/h5-19H,1-4H3,(H,30,34)(H,31,32). The number of H-pyrrole nitrogens is 1. The van der Waals surface area contributed by atoms with Crippen molar-refractivity contribution >= 4 is 34.5 Å². The van der Waals surface area contributed by atoms with Gasteiger partial charge in [-0.25, -0.2) is 4.98 Å². The van der Waals surface area contributed by atoms with Crippen molar-refractivity contribution in [3.05, 3.63) is 95.3 Å². The molecule has 0 spiro atoms. The number of fused-ring (bicyclic) bond motifs is 1. The minimum atomic E-state index is -0.206. The Balaban J connectivity index is 1.50. The average Bonchev–Trinajstić information content (AvgIpc) is 3.28. The van der Waals surface area contributed by atoms with E-state index in [1.54, 1.807) is 12.1 Å². The molecule has 1 heterocycles. The number of nitrogens with one attached hydrogen (secondary N) is 2. The first-order chi connectivity index (χ1) is 16.8. The molecule has 3 aromatic carbocycles. The number of ether oxygens (including phenoxy) is 1. The van der Waals surface area contributed by atoms with Crippen molar-refractivity contribution in [2.45, 2.75) is 39.7 Å². The third-order valence-corrected chi connectivity index (χ3v) is 5.49. The summed E-state index contributed by atoms with van der Waals surface area (Å²) in [5, 5.41) is 2.93. The highest BCUT2D eigenvalue weighted by atomic mass is 16.5. The summed E-state index contributed by atoms with van der Waals surface area (Å²) >= 11 is 0. The summed E-state index contributed by atoms with van der Waals surface area (Å²) in [6.45, 7) is 8.05. The second-order valence-electron chi connectivity index (χ2n) is 8.94. The van der Waals surface area contributed by atoms with Gasteiger partial charge >= 0.3 is 0 Å². The highest BCUT2D eigenvalue weighted by molar-refractivity contribution is 6.06. The summed E-state index contributed by atoms with van der Waals surface area (Å²) in [6.07, 6.45) is 3.38. The van der Waals surface area contributed by atoms with Crippen LogP contribution in [0.4, 0.5) is 5.69 Å². The fraction of sp³-hybridized carbons (Fsp3) is 0.207. The van der Waals surface area contributed by atoms with E-state index in [0.717, 1.165) is 27.9 Å². The molecule has 0 aliphatic rings. The van der Waals surface area contributed by atoms with Crippen molar-refractivity contribution in [1.82, 2.24) is 9.97 Å². The van der Waals surface area contributed by atoms with Crippen molar-refractivity contribution in [3.63, 3.8) is 0 Å². The summed E-state index contributed by atoms with van der Waals surface area (Å²) in [7, 11) is 0. The van der Waals surface area contributed by atoms with Gasteiger partial charge in [0, 0.05) is 11.3 Å². The van der Waals surface area contributed by atoms with Crippen LogP contribution in [0.5, 0.6) is 5.75 Å². The number of aromatic nitrogens is 2. The maximum Gasteiger partial charge on any atom is 0.255 e. The molecule has 1 aromatic heterocycles. The number of anilines is 1. The van der Waals surface area contributed by atoms with Gasteiger partial charge in [-0.2, -0.15) is 0 Å². The summed E-state index contributed by atoms with van der Waals surface area (Å²) in [5.74, 6) is 0.819. The van der Waals surface area contributed by atoms with E-state index in [2.05, 4.69) is 29.1 Å². The first-order valence-electron chi connectivity index (χ1n) is 11.7. The quantitative estimate of drug-likeness (QED) is 0.225. The van der Waals surface area contributed by atoms with Crippen molar-refractivity contribution < 1.29 is 14.3 Å². The first-order valence-corrected chi connectivity index (χ1v) is 11.7. The van der Waals surface area contributed by atoms with Crippen LogP contribution in [0, 0.1) is 0 Å². The molecule has 0 atom stereocenters. The van der Waals surface area contributed by atoms with Gasteiger partial charge < -0.3 is 15.0 Å². The highest BCUT2D eigenvalue weighted by Crippen LogP contribution is 2.24. The van der Waals surface area contributed by atoms with Crippen LogP contribution in [0.2, 0.25) is 0 Å². The third kappa shape index (κ3) is 5.84. The lowest BCUT2D eigenvalue weighted by Crippen LogP contribution is -2.13. The predicted octanol–water partition coefficient (Wildman–Crippen LogP) is 6.62. The Kier molecular flexibility index (Phi) is 7.11. The average molecular weight is 468 g/mol. The van der Waals surface area contributed by atoms with Crippen LogP contribution >= 0.6 is 0 Å². The number of allylic oxidation sites excluding steroid dienone is 1. The number of para-hydroxylation sites is 2. The molecule has 6 heteroatoms. The zero-order valence-electron chi connectivity index (χ0n) is 20.3. The molecular weight excluding hydrogens is 438 g/mol. The van der Waals surface area contributed by atoms with Gasteiger partial charge in [-0.3, -0.25) is 9.59 Å². The molecule has 178 valence electrons. The minimum absolute atomic E-state index is 0.0893. The Bertz CT molecular complexity index is 1350. The van der Waals surface area contributed by atoms with Crippen LogP contribution in [0.3, 0.4) is 0 Å². The fourth-order valence-corrected chi connectivity index (χ4v) is 3.77. The number of hydrogen-bond acceptors (Lipinski definition) is 4. The van der Waals surface area contributed by atoms with Crippen LogP contribution < -0.4 is 10.1 Å². The number of nitrogens with zero attached hydrogens (tertiary/aromatic N) is 1. The monoisotopic (exact) mass is 467 g/mol. The highest BCUT2D eigenvalue weighted by Gasteiger charge is 2.13. The number of amides is 1. The van der Waals surface area contributed by atoms with Gasteiger partial charge in [-0.05, 0) is 85.5 Å². The van der Waals surface area contributed by atoms with Gasteiger partial charge in [0.2, 0.25) is 5.78 Å². The number of imidazole rings is 1. The lowest BCUT2D eigenvalue weighted by molar-refractivity contribution is 0.102. The SMILES string of the molecule is CC(C)Oc1ccc(NC(=O)c2ccc(C=CC(=O)c3nc4ccccc4[nH]3)c(C(C)C)c2)cc1. The number of rotatable bonds is 8. The third-order valence-electron chi connectivity index (χ3n) is 5.49. The van der Waals surface area contributed by atoms with E-state index in [0.29, 0.717) is 17.1 Å². The molecule has 0 unspecified atom stereocenters. The molecule has 0 bridgehead atoms. The zero-order chi connectivity index (χ0) is 24.9. The van der Waals surface area contributed by atoms with Gasteiger partial charge in [-0.1, -0.05) is 38.1 Å². The Hall–Kier alpha value is -4.19. The van der Waals surface area contributed by atoms with E-state index in [4.69, 9.17) is 4.74 Å². The molecule has 2 N–H and O–H groups in total. The number of aromatic amines is 1. The van der Waals surface area contributed by atoms with Crippen molar-refractivity contribution in [3.8, 4) is 5.75 Å². The van der Waals surface area contributed by atoms with Crippen LogP contribution in [0.25, 0.3) is 17.1 Å². The molecule has 0 aliphatic heterocycles. The van der Waals surface area contributed by atoms with Gasteiger partial charge in [-0.15, -0.1) is 0 Å². The predicted molar refractivity (Wildman–Crippen MR) is 140 cm³/mol. The van der Waals surface area contributed by atoms with Gasteiger partial charge in [0.25, 0.3) is 5.91 Å². The molecular formula is C29H29N3O3. The van der Waals surface area contributed by atoms with E-state index in [1.807, 2.05) is 74.5 Å². The number of ketones is 1. The Morgan fingerprint density at radius 2 is 1.71 bits per heavy atom. The zero-order valence-corrected chi connectivity index (χ0v) is 20.3. The number of hydrogen-bond donors (Lipinski definition) is 2. The molecule has 0 aliphatic carbocycles. The number of carbonyl (C=O) groups is 2. The number of benzene rings is 3. The van der Waals surface area contributed by atoms with E-state index < -0.39 is 0 Å². The van der Waals surface area contributed by atoms with Crippen molar-refractivity contribution in [1.29, 1.82) is 0 Å². The normalized spacial score (nSPS) is 11.5. The fourth-order valence-electron chi connectivity index (χ4n) is 3.77. The van der Waals surface area contributed by atoms with Crippen LogP contribution in [-0.4, -0.2) is 27.8 Å². The van der Waals surface area contributed by atoms with E-state index in [-0.39, 0.29) is 23.7 Å². The molecule has 1 amide bonds. The van der Waals surface area contributed by atoms with E-state index in [9.17, 15) is 9.59 Å². The molecule has 0 fully saturated rings. The molecule has 4 aromatic rings. The molecule has 0 saturated carbocycles. The maximum absolute atomic E-state index is 12.9. The van der Waals surface area contributed by atoms with Crippen molar-refractivity contribution in [2.24, 2.45) is 0 Å². The summed E-state index contributed by atoms with van der Waals surface area (Å²) < 4.78 is 5.65. The summed E-state index contributed by atoms with van der Waals surface area (Å²) in [6, 6.07) is 20.3. The largest absolute Gasteiger partial charge is 0.491 e. The lowest BCUT2D eigenvalue weighted by atomic mass is 9.94. The maximum atomic E-state index is 12.9. The van der Waals surface area contributed by atoms with Gasteiger partial charge in [0.1, 0.15) is 5.75 Å². The second kappa shape index (κ2) is 10.4. The molecule has 4 rings (SSSR count). The topological polar surface area (TPSA) is 84.1 Å². The van der Waals surface area contributed by atoms with Crippen LogP contribution in [0.1, 0.15) is 65.7 Å². The Morgan fingerprint density at radius 3 is 2.40 bits per heavy atom.